The molecule has 1 aromatic carbocycles. The largest absolute Gasteiger partial charge is 0.492 e. The van der Waals surface area contributed by atoms with E-state index in [2.05, 4.69) is 0 Å². The van der Waals surface area contributed by atoms with Crippen LogP contribution in [0.25, 0.3) is 0 Å². The van der Waals surface area contributed by atoms with E-state index in [0.717, 1.165) is 5.56 Å². The van der Waals surface area contributed by atoms with Crippen molar-refractivity contribution in [2.75, 3.05) is 13.2 Å². The van der Waals surface area contributed by atoms with Gasteiger partial charge in [0.25, 0.3) is 0 Å². The smallest absolute Gasteiger partial charge is 0.223 e. The maximum absolute atomic E-state index is 10.8. The van der Waals surface area contributed by atoms with Crippen molar-refractivity contribution in [3.8, 4) is 5.75 Å². The van der Waals surface area contributed by atoms with Gasteiger partial charge < -0.3 is 15.6 Å². The predicted molar refractivity (Wildman–Crippen MR) is 61.1 cm³/mol. The van der Waals surface area contributed by atoms with Gasteiger partial charge in [-0.25, -0.2) is 0 Å². The van der Waals surface area contributed by atoms with Crippen LogP contribution in [0.3, 0.4) is 0 Å². The van der Waals surface area contributed by atoms with Gasteiger partial charge in [-0.15, -0.1) is 0 Å². The summed E-state index contributed by atoms with van der Waals surface area (Å²) in [5.41, 5.74) is 6.07. The molecule has 0 aliphatic rings. The molecule has 0 spiro atoms. The van der Waals surface area contributed by atoms with Gasteiger partial charge in [0.1, 0.15) is 5.75 Å². The molecule has 1 unspecified atom stereocenters. The van der Waals surface area contributed by atoms with Gasteiger partial charge >= 0.3 is 0 Å². The molecule has 0 aliphatic heterocycles. The Morgan fingerprint density at radius 3 is 2.81 bits per heavy atom. The summed E-state index contributed by atoms with van der Waals surface area (Å²) in [6, 6.07) is 7.44. The summed E-state index contributed by atoms with van der Waals surface area (Å²) in [4.78, 5) is 10.8. The van der Waals surface area contributed by atoms with Gasteiger partial charge in [0.15, 0.2) is 0 Å². The Morgan fingerprint density at radius 2 is 2.19 bits per heavy atom. The zero-order chi connectivity index (χ0) is 12.0. The van der Waals surface area contributed by atoms with Gasteiger partial charge in [0, 0.05) is 6.61 Å². The fourth-order valence-corrected chi connectivity index (χ4v) is 1.27. The second kappa shape index (κ2) is 6.12. The minimum absolute atomic E-state index is 0.0751. The Morgan fingerprint density at radius 1 is 1.50 bits per heavy atom. The number of aliphatic hydroxyl groups is 1. The summed E-state index contributed by atoms with van der Waals surface area (Å²) in [6.45, 7) is 2.06. The van der Waals surface area contributed by atoms with Crippen molar-refractivity contribution in [1.82, 2.24) is 0 Å². The van der Waals surface area contributed by atoms with Crippen LogP contribution in [0.1, 0.15) is 12.5 Å². The standard InChI is InChI=1S/C12H17NO3/c1-9(12(13)15)8-16-11-5-3-2-4-10(11)6-7-14/h2-5,9,14H,6-8H2,1H3,(H2,13,15). The van der Waals surface area contributed by atoms with E-state index in [9.17, 15) is 4.79 Å². The molecule has 0 fully saturated rings. The number of hydrogen-bond donors (Lipinski definition) is 2. The Bertz CT molecular complexity index is 352. The molecule has 0 saturated heterocycles. The number of primary amides is 1. The van der Waals surface area contributed by atoms with Crippen LogP contribution in [-0.2, 0) is 11.2 Å². The maximum atomic E-state index is 10.8. The van der Waals surface area contributed by atoms with Crippen LogP contribution in [0.15, 0.2) is 24.3 Å². The number of rotatable bonds is 6. The topological polar surface area (TPSA) is 72.6 Å². The van der Waals surface area contributed by atoms with E-state index in [1.54, 1.807) is 6.92 Å². The van der Waals surface area contributed by atoms with Crippen molar-refractivity contribution in [1.29, 1.82) is 0 Å². The lowest BCUT2D eigenvalue weighted by Crippen LogP contribution is -2.26. The fraction of sp³-hybridized carbons (Fsp3) is 0.417. The first kappa shape index (κ1) is 12.5. The summed E-state index contributed by atoms with van der Waals surface area (Å²) in [5, 5.41) is 8.88. The van der Waals surface area contributed by atoms with Crippen LogP contribution < -0.4 is 10.5 Å². The Hall–Kier alpha value is -1.55. The van der Waals surface area contributed by atoms with E-state index in [0.29, 0.717) is 12.2 Å². The van der Waals surface area contributed by atoms with Crippen molar-refractivity contribution in [3.05, 3.63) is 29.8 Å². The van der Waals surface area contributed by atoms with Gasteiger partial charge in [-0.1, -0.05) is 25.1 Å². The number of ether oxygens (including phenoxy) is 1. The zero-order valence-electron chi connectivity index (χ0n) is 9.35. The van der Waals surface area contributed by atoms with Crippen LogP contribution in [0, 0.1) is 5.92 Å². The third kappa shape index (κ3) is 3.55. The molecule has 0 aromatic heterocycles. The van der Waals surface area contributed by atoms with Crippen molar-refractivity contribution >= 4 is 5.91 Å². The van der Waals surface area contributed by atoms with Gasteiger partial charge in [-0.3, -0.25) is 4.79 Å². The van der Waals surface area contributed by atoms with E-state index in [1.807, 2.05) is 24.3 Å². The lowest BCUT2D eigenvalue weighted by molar-refractivity contribution is -0.122. The van der Waals surface area contributed by atoms with E-state index in [-0.39, 0.29) is 25.0 Å². The van der Waals surface area contributed by atoms with Gasteiger partial charge in [-0.05, 0) is 18.1 Å². The maximum Gasteiger partial charge on any atom is 0.223 e. The third-order valence-electron chi connectivity index (χ3n) is 2.33. The molecule has 88 valence electrons. The number of carbonyl (C=O) groups is 1. The molecule has 16 heavy (non-hydrogen) atoms. The molecule has 3 N–H and O–H groups in total. The molecule has 0 radical (unpaired) electrons. The molecule has 4 heteroatoms. The fourth-order valence-electron chi connectivity index (χ4n) is 1.27. The zero-order valence-corrected chi connectivity index (χ0v) is 9.35. The first-order chi connectivity index (χ1) is 7.65. The minimum Gasteiger partial charge on any atom is -0.492 e. The highest BCUT2D eigenvalue weighted by molar-refractivity contribution is 5.76. The highest BCUT2D eigenvalue weighted by Crippen LogP contribution is 2.18. The van der Waals surface area contributed by atoms with Gasteiger partial charge in [0.05, 0.1) is 12.5 Å². The van der Waals surface area contributed by atoms with Gasteiger partial charge in [0.2, 0.25) is 5.91 Å². The summed E-state index contributed by atoms with van der Waals surface area (Å²) in [6.07, 6.45) is 0.543. The quantitative estimate of drug-likeness (QED) is 0.746. The van der Waals surface area contributed by atoms with E-state index >= 15 is 0 Å². The first-order valence-electron chi connectivity index (χ1n) is 5.26. The Kier molecular flexibility index (Phi) is 4.79. The Labute approximate surface area is 95.0 Å². The summed E-state index contributed by atoms with van der Waals surface area (Å²) >= 11 is 0. The van der Waals surface area contributed by atoms with Crippen molar-refractivity contribution in [3.63, 3.8) is 0 Å². The number of nitrogens with two attached hydrogens (primary N) is 1. The molecule has 1 amide bonds. The lowest BCUT2D eigenvalue weighted by atomic mass is 10.1. The van der Waals surface area contributed by atoms with Crippen LogP contribution >= 0.6 is 0 Å². The molecule has 0 heterocycles. The van der Waals surface area contributed by atoms with Crippen molar-refractivity contribution in [2.24, 2.45) is 11.7 Å². The lowest BCUT2D eigenvalue weighted by Gasteiger charge is -2.13. The van der Waals surface area contributed by atoms with Crippen LogP contribution in [0.4, 0.5) is 0 Å². The molecule has 1 rings (SSSR count). The van der Waals surface area contributed by atoms with E-state index in [1.165, 1.54) is 0 Å². The molecule has 1 aromatic rings. The highest BCUT2D eigenvalue weighted by Gasteiger charge is 2.10. The molecule has 0 saturated carbocycles. The number of aliphatic hydroxyl groups excluding tert-OH is 1. The second-order valence-corrected chi connectivity index (χ2v) is 3.70. The number of carbonyl (C=O) groups excluding carboxylic acids is 1. The highest BCUT2D eigenvalue weighted by atomic mass is 16.5. The number of benzene rings is 1. The monoisotopic (exact) mass is 223 g/mol. The van der Waals surface area contributed by atoms with Crippen LogP contribution in [-0.4, -0.2) is 24.2 Å². The van der Waals surface area contributed by atoms with Crippen molar-refractivity contribution in [2.45, 2.75) is 13.3 Å². The molecule has 4 nitrogen and oxygen atoms in total. The number of amides is 1. The van der Waals surface area contributed by atoms with E-state index in [4.69, 9.17) is 15.6 Å². The first-order valence-corrected chi connectivity index (χ1v) is 5.26. The molecular weight excluding hydrogens is 206 g/mol. The summed E-state index contributed by atoms with van der Waals surface area (Å²) < 4.78 is 5.50. The van der Waals surface area contributed by atoms with Crippen molar-refractivity contribution < 1.29 is 14.6 Å². The number of hydrogen-bond acceptors (Lipinski definition) is 3. The average Bonchev–Trinajstić information content (AvgIpc) is 2.27. The molecule has 0 aliphatic carbocycles. The Balaban J connectivity index is 2.62. The van der Waals surface area contributed by atoms with Gasteiger partial charge in [-0.2, -0.15) is 0 Å². The molecule has 0 bridgehead atoms. The molecular formula is C12H17NO3. The summed E-state index contributed by atoms with van der Waals surface area (Å²) in [7, 11) is 0. The second-order valence-electron chi connectivity index (χ2n) is 3.70. The predicted octanol–water partition coefficient (Wildman–Crippen LogP) is 0.722. The SMILES string of the molecule is CC(COc1ccccc1CCO)C(N)=O. The normalized spacial score (nSPS) is 12.1. The number of para-hydroxylation sites is 1. The average molecular weight is 223 g/mol. The minimum atomic E-state index is -0.375. The van der Waals surface area contributed by atoms with Crippen LogP contribution in [0.2, 0.25) is 0 Å². The molecule has 1 atom stereocenters. The van der Waals surface area contributed by atoms with E-state index < -0.39 is 0 Å². The third-order valence-corrected chi connectivity index (χ3v) is 2.33. The van der Waals surface area contributed by atoms with Crippen LogP contribution in [0.5, 0.6) is 5.75 Å². The summed E-state index contributed by atoms with van der Waals surface area (Å²) in [5.74, 6) is 0.00599.